The Morgan fingerprint density at radius 3 is 2.62 bits per heavy atom. The number of non-ortho nitro benzene ring substituents is 1. The second-order valence-electron chi connectivity index (χ2n) is 4.92. The Labute approximate surface area is 144 Å². The number of aromatic carboxylic acids is 1. The van der Waals surface area contributed by atoms with Crippen molar-refractivity contribution >= 4 is 51.1 Å². The summed E-state index contributed by atoms with van der Waals surface area (Å²) < 4.78 is 3.18. The smallest absolute Gasteiger partial charge is 0.335 e. The summed E-state index contributed by atoms with van der Waals surface area (Å²) in [6.45, 7) is 0.378. The highest BCUT2D eigenvalue weighted by Gasteiger charge is 2.11. The molecule has 0 aliphatic rings. The van der Waals surface area contributed by atoms with E-state index in [0.717, 1.165) is 15.9 Å². The second kappa shape index (κ2) is 6.38. The zero-order valence-electron chi connectivity index (χ0n) is 12.1. The minimum Gasteiger partial charge on any atom is -0.478 e. The molecule has 0 bridgehead atoms. The summed E-state index contributed by atoms with van der Waals surface area (Å²) in [4.78, 5) is 21.2. The zero-order chi connectivity index (χ0) is 17.3. The molecular formula is C15H11N3O4S2. The lowest BCUT2D eigenvalue weighted by Crippen LogP contribution is -2.08. The van der Waals surface area contributed by atoms with Gasteiger partial charge in [0, 0.05) is 17.8 Å². The van der Waals surface area contributed by atoms with E-state index in [-0.39, 0.29) is 11.3 Å². The molecule has 0 amide bonds. The average molecular weight is 361 g/mol. The van der Waals surface area contributed by atoms with Crippen molar-refractivity contribution in [2.45, 2.75) is 6.67 Å². The highest BCUT2D eigenvalue weighted by atomic mass is 32.1. The molecule has 0 spiro atoms. The predicted molar refractivity (Wildman–Crippen MR) is 94.3 cm³/mol. The first-order valence-electron chi connectivity index (χ1n) is 6.81. The first-order valence-corrected chi connectivity index (χ1v) is 8.03. The van der Waals surface area contributed by atoms with Crippen LogP contribution in [0.25, 0.3) is 10.2 Å². The molecule has 2 aromatic carbocycles. The quantitative estimate of drug-likeness (QED) is 0.403. The van der Waals surface area contributed by atoms with Gasteiger partial charge in [-0.15, -0.1) is 11.3 Å². The molecule has 0 aliphatic carbocycles. The van der Waals surface area contributed by atoms with Crippen LogP contribution in [-0.4, -0.2) is 20.6 Å². The van der Waals surface area contributed by atoms with E-state index in [2.05, 4.69) is 5.32 Å². The van der Waals surface area contributed by atoms with Gasteiger partial charge in [-0.25, -0.2) is 4.79 Å². The van der Waals surface area contributed by atoms with E-state index in [1.807, 2.05) is 4.57 Å². The maximum Gasteiger partial charge on any atom is 0.335 e. The Hall–Kier alpha value is -2.78. The number of carboxylic acids is 1. The summed E-state index contributed by atoms with van der Waals surface area (Å²) in [7, 11) is 0. The SMILES string of the molecule is O=C(O)c1ccc(NCn2c(=S)sc3cc([N+](=O)[O-])ccc32)cc1. The van der Waals surface area contributed by atoms with Gasteiger partial charge < -0.3 is 15.0 Å². The summed E-state index contributed by atoms with van der Waals surface area (Å²) in [6, 6.07) is 11.0. The van der Waals surface area contributed by atoms with Crippen molar-refractivity contribution in [3.63, 3.8) is 0 Å². The van der Waals surface area contributed by atoms with Crippen molar-refractivity contribution in [1.82, 2.24) is 4.57 Å². The number of hydrogen-bond acceptors (Lipinski definition) is 6. The summed E-state index contributed by atoms with van der Waals surface area (Å²) in [6.07, 6.45) is 0. The van der Waals surface area contributed by atoms with Gasteiger partial charge in [0.2, 0.25) is 0 Å². The lowest BCUT2D eigenvalue weighted by molar-refractivity contribution is -0.384. The molecule has 0 atom stereocenters. The van der Waals surface area contributed by atoms with Crippen LogP contribution in [0.4, 0.5) is 11.4 Å². The lowest BCUT2D eigenvalue weighted by Gasteiger charge is -2.09. The number of carboxylic acid groups (broad SMARTS) is 1. The molecule has 7 nitrogen and oxygen atoms in total. The van der Waals surface area contributed by atoms with Crippen LogP contribution < -0.4 is 5.32 Å². The molecule has 3 rings (SSSR count). The van der Waals surface area contributed by atoms with Crippen molar-refractivity contribution in [3.05, 3.63) is 62.1 Å². The monoisotopic (exact) mass is 361 g/mol. The van der Waals surface area contributed by atoms with Gasteiger partial charge in [-0.3, -0.25) is 10.1 Å². The molecule has 1 aromatic heterocycles. The Morgan fingerprint density at radius 2 is 2.00 bits per heavy atom. The van der Waals surface area contributed by atoms with E-state index < -0.39 is 10.9 Å². The topological polar surface area (TPSA) is 97.4 Å². The van der Waals surface area contributed by atoms with Crippen LogP contribution in [0.3, 0.4) is 0 Å². The number of nitro benzene ring substituents is 1. The largest absolute Gasteiger partial charge is 0.478 e. The molecule has 9 heteroatoms. The number of nitrogens with zero attached hydrogens (tertiary/aromatic N) is 2. The van der Waals surface area contributed by atoms with Gasteiger partial charge in [0.25, 0.3) is 5.69 Å². The summed E-state index contributed by atoms with van der Waals surface area (Å²) in [5, 5.41) is 22.9. The molecule has 0 unspecified atom stereocenters. The molecule has 2 N–H and O–H groups in total. The number of benzene rings is 2. The number of carbonyl (C=O) groups is 1. The Kier molecular flexibility index (Phi) is 4.28. The predicted octanol–water partition coefficient (Wildman–Crippen LogP) is 4.11. The number of hydrogen-bond donors (Lipinski definition) is 2. The van der Waals surface area contributed by atoms with Crippen LogP contribution in [0, 0.1) is 14.1 Å². The molecule has 1 heterocycles. The fourth-order valence-electron chi connectivity index (χ4n) is 2.22. The highest BCUT2D eigenvalue weighted by Crippen LogP contribution is 2.27. The van der Waals surface area contributed by atoms with Crippen LogP contribution in [0.2, 0.25) is 0 Å². The lowest BCUT2D eigenvalue weighted by atomic mass is 10.2. The van der Waals surface area contributed by atoms with E-state index in [0.29, 0.717) is 10.6 Å². The average Bonchev–Trinajstić information content (AvgIpc) is 2.87. The summed E-state index contributed by atoms with van der Waals surface area (Å²) in [5.74, 6) is -0.978. The fourth-order valence-corrected chi connectivity index (χ4v) is 3.58. The maximum absolute atomic E-state index is 10.8. The van der Waals surface area contributed by atoms with Crippen molar-refractivity contribution in [2.24, 2.45) is 0 Å². The molecule has 3 aromatic rings. The van der Waals surface area contributed by atoms with E-state index in [1.165, 1.54) is 35.6 Å². The maximum atomic E-state index is 10.8. The summed E-state index contributed by atoms with van der Waals surface area (Å²) >= 11 is 6.63. The molecule has 0 fully saturated rings. The normalized spacial score (nSPS) is 10.7. The van der Waals surface area contributed by atoms with E-state index in [9.17, 15) is 14.9 Å². The number of fused-ring (bicyclic) bond motifs is 1. The fraction of sp³-hybridized carbons (Fsp3) is 0.0667. The first kappa shape index (κ1) is 16.1. The van der Waals surface area contributed by atoms with E-state index >= 15 is 0 Å². The third-order valence-corrected chi connectivity index (χ3v) is 4.85. The van der Waals surface area contributed by atoms with Crippen molar-refractivity contribution in [1.29, 1.82) is 0 Å². The number of anilines is 1. The third kappa shape index (κ3) is 3.12. The van der Waals surface area contributed by atoms with Gasteiger partial charge in [-0.05, 0) is 42.5 Å². The van der Waals surface area contributed by atoms with E-state index in [4.69, 9.17) is 17.3 Å². The highest BCUT2D eigenvalue weighted by molar-refractivity contribution is 7.73. The number of rotatable bonds is 5. The van der Waals surface area contributed by atoms with Crippen LogP contribution in [-0.2, 0) is 6.67 Å². The number of nitrogens with one attached hydrogen (secondary N) is 1. The molecule has 24 heavy (non-hydrogen) atoms. The van der Waals surface area contributed by atoms with Gasteiger partial charge in [0.15, 0.2) is 3.95 Å². The van der Waals surface area contributed by atoms with Crippen molar-refractivity contribution < 1.29 is 14.8 Å². The van der Waals surface area contributed by atoms with Gasteiger partial charge in [-0.2, -0.15) is 0 Å². The van der Waals surface area contributed by atoms with Crippen molar-refractivity contribution in [2.75, 3.05) is 5.32 Å². The van der Waals surface area contributed by atoms with Crippen LogP contribution in [0.5, 0.6) is 0 Å². The second-order valence-corrected chi connectivity index (χ2v) is 6.60. The molecule has 122 valence electrons. The Morgan fingerprint density at radius 1 is 1.29 bits per heavy atom. The van der Waals surface area contributed by atoms with Crippen LogP contribution >= 0.6 is 23.6 Å². The zero-order valence-corrected chi connectivity index (χ0v) is 13.8. The number of nitro groups is 1. The molecule has 0 saturated heterocycles. The number of thiazole rings is 1. The molecule has 0 saturated carbocycles. The van der Waals surface area contributed by atoms with Gasteiger partial charge in [0.05, 0.1) is 27.4 Å². The Bertz CT molecular complexity index is 992. The molecule has 0 radical (unpaired) electrons. The molecule has 0 aliphatic heterocycles. The van der Waals surface area contributed by atoms with Gasteiger partial charge in [0.1, 0.15) is 0 Å². The van der Waals surface area contributed by atoms with Gasteiger partial charge in [-0.1, -0.05) is 0 Å². The van der Waals surface area contributed by atoms with Crippen LogP contribution in [0.15, 0.2) is 42.5 Å². The summed E-state index contributed by atoms with van der Waals surface area (Å²) in [5.41, 5.74) is 1.81. The third-order valence-electron chi connectivity index (χ3n) is 3.44. The molecular weight excluding hydrogens is 350 g/mol. The minimum atomic E-state index is -0.978. The van der Waals surface area contributed by atoms with Gasteiger partial charge >= 0.3 is 5.97 Å². The standard InChI is InChI=1S/C15H11N3O4S2/c19-14(20)9-1-3-10(4-2-9)16-8-17-12-6-5-11(18(21)22)7-13(12)24-15(17)23/h1-7,16H,8H2,(H,19,20). The minimum absolute atomic E-state index is 0.0307. The van der Waals surface area contributed by atoms with Crippen LogP contribution in [0.1, 0.15) is 10.4 Å². The van der Waals surface area contributed by atoms with Crippen molar-refractivity contribution in [3.8, 4) is 0 Å². The number of aromatic nitrogens is 1. The van der Waals surface area contributed by atoms with E-state index in [1.54, 1.807) is 18.2 Å². The Balaban J connectivity index is 1.84. The first-order chi connectivity index (χ1) is 11.5.